The normalized spacial score (nSPS) is 29.6. The summed E-state index contributed by atoms with van der Waals surface area (Å²) in [5, 5.41) is 19.4. The average Bonchev–Trinajstić information content (AvgIpc) is 3.01. The van der Waals surface area contributed by atoms with Gasteiger partial charge in [-0.25, -0.2) is 15.0 Å². The lowest BCUT2D eigenvalue weighted by Gasteiger charge is -2.22. The SMILES string of the molecule is C#C[C@]1(CO)S[C@@H](n2cnc3c(N)ncnc32)C[C@@H]1O. The van der Waals surface area contributed by atoms with Crippen LogP contribution in [0.5, 0.6) is 0 Å². The summed E-state index contributed by atoms with van der Waals surface area (Å²) in [5.41, 5.74) is 6.85. The minimum atomic E-state index is -0.986. The molecule has 1 saturated heterocycles. The Morgan fingerprint density at radius 1 is 1.55 bits per heavy atom. The Morgan fingerprint density at radius 3 is 3.00 bits per heavy atom. The molecule has 4 N–H and O–H groups in total. The molecule has 1 aliphatic heterocycles. The van der Waals surface area contributed by atoms with E-state index in [4.69, 9.17) is 12.2 Å². The van der Waals surface area contributed by atoms with Crippen LogP contribution in [0.4, 0.5) is 5.82 Å². The van der Waals surface area contributed by atoms with Gasteiger partial charge < -0.3 is 20.5 Å². The molecule has 104 valence electrons. The first-order chi connectivity index (χ1) is 9.61. The van der Waals surface area contributed by atoms with Crippen molar-refractivity contribution in [1.82, 2.24) is 19.5 Å². The van der Waals surface area contributed by atoms with E-state index in [2.05, 4.69) is 20.9 Å². The molecular formula is C12H13N5O2S. The van der Waals surface area contributed by atoms with Gasteiger partial charge in [-0.05, 0) is 0 Å². The molecular weight excluding hydrogens is 278 g/mol. The van der Waals surface area contributed by atoms with E-state index in [0.717, 1.165) is 0 Å². The molecule has 0 bridgehead atoms. The number of imidazole rings is 1. The number of aromatic nitrogens is 4. The van der Waals surface area contributed by atoms with Gasteiger partial charge in [-0.3, -0.25) is 0 Å². The summed E-state index contributed by atoms with van der Waals surface area (Å²) in [4.78, 5) is 12.2. The van der Waals surface area contributed by atoms with Crippen LogP contribution in [0.2, 0.25) is 0 Å². The van der Waals surface area contributed by atoms with Gasteiger partial charge in [-0.1, -0.05) is 5.92 Å². The fraction of sp³-hybridized carbons (Fsp3) is 0.417. The van der Waals surface area contributed by atoms with Gasteiger partial charge in [0.2, 0.25) is 0 Å². The van der Waals surface area contributed by atoms with Crippen molar-refractivity contribution in [3.8, 4) is 12.3 Å². The van der Waals surface area contributed by atoms with Gasteiger partial charge in [0.15, 0.2) is 11.5 Å². The fourth-order valence-corrected chi connectivity index (χ4v) is 3.75. The Bertz CT molecular complexity index is 697. The maximum Gasteiger partial charge on any atom is 0.166 e. The predicted octanol–water partition coefficient (Wildman–Crippen LogP) is -0.231. The number of nitrogens with zero attached hydrogens (tertiary/aromatic N) is 4. The number of fused-ring (bicyclic) bond motifs is 1. The molecule has 3 atom stereocenters. The zero-order chi connectivity index (χ0) is 14.3. The van der Waals surface area contributed by atoms with Crippen LogP contribution in [0.25, 0.3) is 11.2 Å². The van der Waals surface area contributed by atoms with E-state index < -0.39 is 10.9 Å². The minimum Gasteiger partial charge on any atom is -0.394 e. The standard InChI is InChI=1S/C12H13N5O2S/c1-2-12(4-18)7(19)3-8(20-12)17-6-16-9-10(13)14-5-15-11(9)17/h1,5-8,18-19H,3-4H2,(H2,13,14,15)/t7-,8+,12+/m0/s1. The number of aliphatic hydroxyl groups is 2. The van der Waals surface area contributed by atoms with Gasteiger partial charge in [-0.15, -0.1) is 18.2 Å². The summed E-state index contributed by atoms with van der Waals surface area (Å²) < 4.78 is 0.815. The van der Waals surface area contributed by atoms with Crippen molar-refractivity contribution in [2.75, 3.05) is 12.3 Å². The van der Waals surface area contributed by atoms with Gasteiger partial charge in [0.1, 0.15) is 16.6 Å². The zero-order valence-corrected chi connectivity index (χ0v) is 11.3. The molecule has 0 saturated carbocycles. The third-order valence-electron chi connectivity index (χ3n) is 3.49. The topological polar surface area (TPSA) is 110 Å². The zero-order valence-electron chi connectivity index (χ0n) is 10.5. The van der Waals surface area contributed by atoms with Crippen LogP contribution in [-0.2, 0) is 0 Å². The van der Waals surface area contributed by atoms with Gasteiger partial charge in [0.25, 0.3) is 0 Å². The molecule has 2 aromatic heterocycles. The number of nitrogen functional groups attached to an aromatic ring is 1. The highest BCUT2D eigenvalue weighted by Crippen LogP contribution is 2.49. The van der Waals surface area contributed by atoms with Crippen molar-refractivity contribution < 1.29 is 10.2 Å². The summed E-state index contributed by atoms with van der Waals surface area (Å²) in [7, 11) is 0. The maximum atomic E-state index is 10.1. The molecule has 1 aliphatic rings. The Morgan fingerprint density at radius 2 is 2.35 bits per heavy atom. The average molecular weight is 291 g/mol. The number of nitrogens with two attached hydrogens (primary N) is 1. The number of rotatable bonds is 2. The molecule has 0 amide bonds. The molecule has 0 unspecified atom stereocenters. The van der Waals surface area contributed by atoms with Crippen molar-refractivity contribution in [1.29, 1.82) is 0 Å². The first-order valence-corrected chi connectivity index (χ1v) is 6.87. The Hall–Kier alpha value is -1.82. The van der Waals surface area contributed by atoms with E-state index in [9.17, 15) is 10.2 Å². The third-order valence-corrected chi connectivity index (χ3v) is 5.12. The molecule has 0 radical (unpaired) electrons. The molecule has 1 fully saturated rings. The molecule has 0 spiro atoms. The molecule has 20 heavy (non-hydrogen) atoms. The van der Waals surface area contributed by atoms with Crippen LogP contribution in [0.1, 0.15) is 11.8 Å². The molecule has 2 aromatic rings. The molecule has 0 aromatic carbocycles. The smallest absolute Gasteiger partial charge is 0.166 e. The van der Waals surface area contributed by atoms with Crippen molar-refractivity contribution in [2.45, 2.75) is 22.6 Å². The molecule has 0 aliphatic carbocycles. The number of thioether (sulfide) groups is 1. The first-order valence-electron chi connectivity index (χ1n) is 5.99. The highest BCUT2D eigenvalue weighted by Gasteiger charge is 2.47. The van der Waals surface area contributed by atoms with E-state index >= 15 is 0 Å². The van der Waals surface area contributed by atoms with Crippen molar-refractivity contribution in [3.05, 3.63) is 12.7 Å². The van der Waals surface area contributed by atoms with Gasteiger partial charge in [-0.2, -0.15) is 0 Å². The monoisotopic (exact) mass is 291 g/mol. The lowest BCUT2D eigenvalue weighted by Crippen LogP contribution is -2.36. The van der Waals surface area contributed by atoms with Crippen LogP contribution in [0.3, 0.4) is 0 Å². The lowest BCUT2D eigenvalue weighted by atomic mass is 10.0. The number of terminal acetylenes is 1. The fourth-order valence-electron chi connectivity index (χ4n) is 2.32. The number of aliphatic hydroxyl groups excluding tert-OH is 2. The molecule has 3 rings (SSSR count). The Labute approximate surface area is 119 Å². The summed E-state index contributed by atoms with van der Waals surface area (Å²) in [6.45, 7) is -0.282. The van der Waals surface area contributed by atoms with Gasteiger partial charge in [0, 0.05) is 6.42 Å². The summed E-state index contributed by atoms with van der Waals surface area (Å²) in [6.07, 6.45) is 8.05. The quantitative estimate of drug-likeness (QED) is 0.655. The van der Waals surface area contributed by atoms with Crippen molar-refractivity contribution >= 4 is 28.7 Å². The first kappa shape index (κ1) is 13.2. The van der Waals surface area contributed by atoms with E-state index in [-0.39, 0.29) is 12.0 Å². The van der Waals surface area contributed by atoms with E-state index in [0.29, 0.717) is 23.4 Å². The minimum absolute atomic E-state index is 0.160. The molecule has 3 heterocycles. The second-order valence-corrected chi connectivity index (χ2v) is 6.11. The summed E-state index contributed by atoms with van der Waals surface area (Å²) in [5.74, 6) is 2.81. The molecule has 7 nitrogen and oxygen atoms in total. The number of anilines is 1. The van der Waals surface area contributed by atoms with Crippen LogP contribution in [0, 0.1) is 12.3 Å². The van der Waals surface area contributed by atoms with Gasteiger partial charge in [0.05, 0.1) is 24.4 Å². The highest BCUT2D eigenvalue weighted by atomic mass is 32.2. The maximum absolute atomic E-state index is 10.1. The highest BCUT2D eigenvalue weighted by molar-refractivity contribution is 8.01. The number of hydrogen-bond acceptors (Lipinski definition) is 7. The third kappa shape index (κ3) is 1.75. The van der Waals surface area contributed by atoms with E-state index in [1.807, 2.05) is 0 Å². The largest absolute Gasteiger partial charge is 0.394 e. The van der Waals surface area contributed by atoms with Crippen LogP contribution in [0.15, 0.2) is 12.7 Å². The van der Waals surface area contributed by atoms with Gasteiger partial charge >= 0.3 is 0 Å². The second kappa shape index (κ2) is 4.63. The van der Waals surface area contributed by atoms with Crippen LogP contribution in [-0.4, -0.2) is 47.2 Å². The molecule has 8 heteroatoms. The van der Waals surface area contributed by atoms with Crippen LogP contribution < -0.4 is 5.73 Å². The Kier molecular flexibility index (Phi) is 3.05. The Balaban J connectivity index is 2.02. The van der Waals surface area contributed by atoms with Crippen molar-refractivity contribution in [2.24, 2.45) is 0 Å². The van der Waals surface area contributed by atoms with E-state index in [1.165, 1.54) is 18.1 Å². The second-order valence-electron chi connectivity index (χ2n) is 4.60. The summed E-state index contributed by atoms with van der Waals surface area (Å²) >= 11 is 1.33. The lowest BCUT2D eigenvalue weighted by molar-refractivity contribution is 0.114. The predicted molar refractivity (Wildman–Crippen MR) is 75.6 cm³/mol. The number of hydrogen-bond donors (Lipinski definition) is 3. The van der Waals surface area contributed by atoms with E-state index in [1.54, 1.807) is 10.9 Å². The van der Waals surface area contributed by atoms with Crippen molar-refractivity contribution in [3.63, 3.8) is 0 Å². The van der Waals surface area contributed by atoms with Crippen LogP contribution >= 0.6 is 11.8 Å². The summed E-state index contributed by atoms with van der Waals surface area (Å²) in [6, 6.07) is 0.